The number of aliphatic hydroxyl groups is 1. The summed E-state index contributed by atoms with van der Waals surface area (Å²) in [6, 6.07) is 1.85. The second-order valence-electron chi connectivity index (χ2n) is 5.07. The van der Waals surface area contributed by atoms with Crippen LogP contribution in [0.5, 0.6) is 0 Å². The third-order valence-corrected chi connectivity index (χ3v) is 3.51. The second kappa shape index (κ2) is 6.32. The molecular formula is C15H18F2N2O2. The number of pyridine rings is 1. The third-order valence-electron chi connectivity index (χ3n) is 3.51. The summed E-state index contributed by atoms with van der Waals surface area (Å²) in [6.45, 7) is 2.54. The van der Waals surface area contributed by atoms with Gasteiger partial charge in [-0.1, -0.05) is 0 Å². The monoisotopic (exact) mass is 296 g/mol. The number of nitrogens with zero attached hydrogens (tertiary/aromatic N) is 1. The minimum atomic E-state index is -1.03. The van der Waals surface area contributed by atoms with Crippen molar-refractivity contribution in [3.05, 3.63) is 45.9 Å². The maximum absolute atomic E-state index is 13.5. The molecule has 0 fully saturated rings. The van der Waals surface area contributed by atoms with E-state index < -0.39 is 11.6 Å². The Bertz CT molecular complexity index is 713. The van der Waals surface area contributed by atoms with E-state index in [1.165, 1.54) is 4.57 Å². The molecule has 0 aliphatic heterocycles. The van der Waals surface area contributed by atoms with Gasteiger partial charge in [0, 0.05) is 25.9 Å². The number of benzene rings is 1. The molecule has 0 radical (unpaired) electrons. The molecule has 6 heteroatoms. The van der Waals surface area contributed by atoms with Gasteiger partial charge in [-0.2, -0.15) is 0 Å². The SMILES string of the molecule is CC(NCCCO)c1cn(C)c(=O)c2cc(F)c(F)cc12. The van der Waals surface area contributed by atoms with Gasteiger partial charge in [-0.3, -0.25) is 4.79 Å². The predicted molar refractivity (Wildman–Crippen MR) is 77.2 cm³/mol. The Morgan fingerprint density at radius 3 is 2.52 bits per heavy atom. The van der Waals surface area contributed by atoms with E-state index in [1.54, 1.807) is 13.2 Å². The number of halogens is 2. The first kappa shape index (κ1) is 15.6. The Morgan fingerprint density at radius 2 is 1.90 bits per heavy atom. The molecule has 1 heterocycles. The first-order chi connectivity index (χ1) is 9.95. The molecule has 0 amide bonds. The van der Waals surface area contributed by atoms with Crippen molar-refractivity contribution in [2.24, 2.45) is 7.05 Å². The summed E-state index contributed by atoms with van der Waals surface area (Å²) < 4.78 is 28.2. The lowest BCUT2D eigenvalue weighted by Gasteiger charge is -2.17. The van der Waals surface area contributed by atoms with E-state index in [1.807, 2.05) is 6.92 Å². The zero-order valence-electron chi connectivity index (χ0n) is 12.0. The number of aryl methyl sites for hydroxylation is 1. The van der Waals surface area contributed by atoms with Crippen molar-refractivity contribution >= 4 is 10.8 Å². The van der Waals surface area contributed by atoms with Gasteiger partial charge in [-0.05, 0) is 43.0 Å². The highest BCUT2D eigenvalue weighted by Gasteiger charge is 2.15. The molecule has 2 rings (SSSR count). The van der Waals surface area contributed by atoms with Gasteiger partial charge in [0.2, 0.25) is 0 Å². The summed E-state index contributed by atoms with van der Waals surface area (Å²) in [5.41, 5.74) is 0.346. The molecule has 0 aliphatic carbocycles. The van der Waals surface area contributed by atoms with Crippen LogP contribution >= 0.6 is 0 Å². The number of aromatic nitrogens is 1. The summed E-state index contributed by atoms with van der Waals surface area (Å²) in [5.74, 6) is -2.00. The molecule has 0 bridgehead atoms. The van der Waals surface area contributed by atoms with Crippen LogP contribution in [-0.2, 0) is 7.05 Å². The fraction of sp³-hybridized carbons (Fsp3) is 0.400. The van der Waals surface area contributed by atoms with Crippen LogP contribution in [0.3, 0.4) is 0 Å². The van der Waals surface area contributed by atoms with E-state index in [9.17, 15) is 13.6 Å². The number of nitrogens with one attached hydrogen (secondary N) is 1. The molecule has 2 aromatic rings. The first-order valence-corrected chi connectivity index (χ1v) is 6.78. The lowest BCUT2D eigenvalue weighted by molar-refractivity contribution is 0.284. The van der Waals surface area contributed by atoms with E-state index in [0.29, 0.717) is 23.9 Å². The lowest BCUT2D eigenvalue weighted by Crippen LogP contribution is -2.24. The molecule has 1 unspecified atom stereocenters. The molecule has 1 atom stereocenters. The fourth-order valence-electron chi connectivity index (χ4n) is 2.34. The average molecular weight is 296 g/mol. The van der Waals surface area contributed by atoms with Gasteiger partial charge < -0.3 is 15.0 Å². The molecule has 0 saturated carbocycles. The maximum atomic E-state index is 13.5. The molecule has 1 aromatic carbocycles. The van der Waals surface area contributed by atoms with Crippen molar-refractivity contribution in [1.82, 2.24) is 9.88 Å². The number of aliphatic hydroxyl groups excluding tert-OH is 1. The average Bonchev–Trinajstić information content (AvgIpc) is 2.45. The molecule has 0 saturated heterocycles. The maximum Gasteiger partial charge on any atom is 0.258 e. The van der Waals surface area contributed by atoms with Crippen LogP contribution in [0.15, 0.2) is 23.1 Å². The van der Waals surface area contributed by atoms with Crippen LogP contribution in [0.4, 0.5) is 8.78 Å². The van der Waals surface area contributed by atoms with Crippen LogP contribution in [0, 0.1) is 11.6 Å². The Hall–Kier alpha value is -1.79. The standard InChI is InChI=1S/C15H18F2N2O2/c1-9(18-4-3-5-20)12-8-19(2)15(21)11-7-14(17)13(16)6-10(11)12/h6-9,18,20H,3-5H2,1-2H3. The summed E-state index contributed by atoms with van der Waals surface area (Å²) in [7, 11) is 1.58. The molecule has 2 N–H and O–H groups in total. The summed E-state index contributed by atoms with van der Waals surface area (Å²) in [6.07, 6.45) is 2.22. The van der Waals surface area contributed by atoms with E-state index in [-0.39, 0.29) is 23.6 Å². The minimum Gasteiger partial charge on any atom is -0.396 e. The van der Waals surface area contributed by atoms with Gasteiger partial charge in [0.1, 0.15) is 0 Å². The normalized spacial score (nSPS) is 12.8. The number of hydrogen-bond acceptors (Lipinski definition) is 3. The molecule has 0 spiro atoms. The Labute approximate surface area is 121 Å². The van der Waals surface area contributed by atoms with Gasteiger partial charge >= 0.3 is 0 Å². The van der Waals surface area contributed by atoms with Gasteiger partial charge in [-0.25, -0.2) is 8.78 Å². The van der Waals surface area contributed by atoms with Crippen LogP contribution < -0.4 is 10.9 Å². The van der Waals surface area contributed by atoms with Gasteiger partial charge in [0.25, 0.3) is 5.56 Å². The van der Waals surface area contributed by atoms with Crippen molar-refractivity contribution < 1.29 is 13.9 Å². The zero-order chi connectivity index (χ0) is 15.6. The topological polar surface area (TPSA) is 54.3 Å². The largest absolute Gasteiger partial charge is 0.396 e. The Morgan fingerprint density at radius 1 is 1.29 bits per heavy atom. The zero-order valence-corrected chi connectivity index (χ0v) is 12.0. The van der Waals surface area contributed by atoms with Crippen molar-refractivity contribution in [1.29, 1.82) is 0 Å². The third kappa shape index (κ3) is 3.11. The molecule has 21 heavy (non-hydrogen) atoms. The summed E-state index contributed by atoms with van der Waals surface area (Å²) in [4.78, 5) is 12.0. The molecule has 0 aliphatic rings. The van der Waals surface area contributed by atoms with Crippen molar-refractivity contribution in [2.45, 2.75) is 19.4 Å². The van der Waals surface area contributed by atoms with Crippen molar-refractivity contribution in [3.63, 3.8) is 0 Å². The Balaban J connectivity index is 2.55. The Kier molecular flexibility index (Phi) is 4.69. The number of hydrogen-bond donors (Lipinski definition) is 2. The van der Waals surface area contributed by atoms with Gasteiger partial charge in [0.15, 0.2) is 11.6 Å². The fourth-order valence-corrected chi connectivity index (χ4v) is 2.34. The highest BCUT2D eigenvalue weighted by molar-refractivity contribution is 5.85. The van der Waals surface area contributed by atoms with Crippen LogP contribution in [0.1, 0.15) is 24.9 Å². The number of fused-ring (bicyclic) bond motifs is 1. The van der Waals surface area contributed by atoms with Gasteiger partial charge in [0.05, 0.1) is 5.39 Å². The van der Waals surface area contributed by atoms with E-state index in [2.05, 4.69) is 5.32 Å². The highest BCUT2D eigenvalue weighted by Crippen LogP contribution is 2.24. The predicted octanol–water partition coefficient (Wildman–Crippen LogP) is 1.85. The number of rotatable bonds is 5. The van der Waals surface area contributed by atoms with Crippen LogP contribution in [-0.4, -0.2) is 22.8 Å². The second-order valence-corrected chi connectivity index (χ2v) is 5.07. The molecule has 114 valence electrons. The first-order valence-electron chi connectivity index (χ1n) is 6.78. The smallest absolute Gasteiger partial charge is 0.258 e. The van der Waals surface area contributed by atoms with Crippen LogP contribution in [0.2, 0.25) is 0 Å². The van der Waals surface area contributed by atoms with E-state index in [0.717, 1.165) is 12.1 Å². The summed E-state index contributed by atoms with van der Waals surface area (Å²) >= 11 is 0. The lowest BCUT2D eigenvalue weighted by atomic mass is 10.0. The molecule has 4 nitrogen and oxygen atoms in total. The molecule has 1 aromatic heterocycles. The summed E-state index contributed by atoms with van der Waals surface area (Å²) in [5, 5.41) is 12.5. The quantitative estimate of drug-likeness (QED) is 0.828. The van der Waals surface area contributed by atoms with E-state index in [4.69, 9.17) is 5.11 Å². The van der Waals surface area contributed by atoms with Crippen molar-refractivity contribution in [3.8, 4) is 0 Å². The van der Waals surface area contributed by atoms with Crippen LogP contribution in [0.25, 0.3) is 10.8 Å². The minimum absolute atomic E-state index is 0.0770. The van der Waals surface area contributed by atoms with E-state index >= 15 is 0 Å². The highest BCUT2D eigenvalue weighted by atomic mass is 19.2. The van der Waals surface area contributed by atoms with Gasteiger partial charge in [-0.15, -0.1) is 0 Å². The van der Waals surface area contributed by atoms with Crippen molar-refractivity contribution in [2.75, 3.05) is 13.2 Å². The molecular weight excluding hydrogens is 278 g/mol.